The molecule has 6 heteroatoms. The molecule has 0 aromatic rings. The van der Waals surface area contributed by atoms with Gasteiger partial charge >= 0.3 is 5.97 Å². The second-order valence-electron chi connectivity index (χ2n) is 2.36. The molecule has 78 valence electrons. The van der Waals surface area contributed by atoms with Crippen molar-refractivity contribution in [3.05, 3.63) is 12.2 Å². The summed E-state index contributed by atoms with van der Waals surface area (Å²) in [6.07, 6.45) is 2.95. The maximum Gasteiger partial charge on any atom is 0.332 e. The smallest absolute Gasteiger partial charge is 0.332 e. The fourth-order valence-corrected chi connectivity index (χ4v) is 0.662. The highest BCUT2D eigenvalue weighted by Gasteiger charge is 2.02. The average Bonchev–Trinajstić information content (AvgIpc) is 1.84. The second kappa shape index (κ2) is 8.63. The fraction of sp³-hybridized carbons (Fsp3) is 0.571. The van der Waals surface area contributed by atoms with E-state index in [0.717, 1.165) is 0 Å². The third-order valence-corrected chi connectivity index (χ3v) is 1.11. The molecule has 3 nitrogen and oxygen atoms in total. The molecule has 0 heterocycles. The van der Waals surface area contributed by atoms with Gasteiger partial charge in [-0.1, -0.05) is 29.3 Å². The molecule has 0 aromatic carbocycles. The standard InChI is InChI=1S/C7H11Cl2NO2.ClH/c1-10(2)5-3-4-6(11)12-7(8)9;/h3-4,7H,5H2,1-2H3;1H/b4-3+;. The van der Waals surface area contributed by atoms with Crippen molar-refractivity contribution in [2.45, 2.75) is 5.02 Å². The molecule has 0 aliphatic carbocycles. The van der Waals surface area contributed by atoms with Crippen molar-refractivity contribution >= 4 is 41.6 Å². The Bertz CT molecular complexity index is 171. The highest BCUT2D eigenvalue weighted by Crippen LogP contribution is 2.03. The van der Waals surface area contributed by atoms with E-state index in [2.05, 4.69) is 4.74 Å². The number of alkyl halides is 2. The molecule has 0 spiro atoms. The van der Waals surface area contributed by atoms with E-state index in [1.807, 2.05) is 19.0 Å². The first-order chi connectivity index (χ1) is 5.52. The number of rotatable bonds is 4. The molecule has 0 aromatic heterocycles. The zero-order chi connectivity index (χ0) is 9.56. The van der Waals surface area contributed by atoms with Crippen LogP contribution in [0.3, 0.4) is 0 Å². The summed E-state index contributed by atoms with van der Waals surface area (Å²) in [6.45, 7) is 0.671. The van der Waals surface area contributed by atoms with Crippen molar-refractivity contribution in [3.8, 4) is 0 Å². The van der Waals surface area contributed by atoms with Gasteiger partial charge in [-0.3, -0.25) is 0 Å². The first kappa shape index (κ1) is 15.5. The van der Waals surface area contributed by atoms with Crippen LogP contribution in [-0.4, -0.2) is 36.5 Å². The summed E-state index contributed by atoms with van der Waals surface area (Å²) in [5, 5.41) is -1.10. The maximum atomic E-state index is 10.7. The van der Waals surface area contributed by atoms with Crippen molar-refractivity contribution < 1.29 is 9.53 Å². The summed E-state index contributed by atoms with van der Waals surface area (Å²) < 4.78 is 4.42. The Labute approximate surface area is 94.0 Å². The van der Waals surface area contributed by atoms with Gasteiger partial charge in [0.15, 0.2) is 0 Å². The Morgan fingerprint density at radius 1 is 1.54 bits per heavy atom. The third kappa shape index (κ3) is 12.0. The molecule has 0 fully saturated rings. The van der Waals surface area contributed by atoms with Crippen molar-refractivity contribution in [1.29, 1.82) is 0 Å². The Balaban J connectivity index is 0. The van der Waals surface area contributed by atoms with Gasteiger partial charge in [-0.05, 0) is 14.1 Å². The van der Waals surface area contributed by atoms with Crippen LogP contribution in [-0.2, 0) is 9.53 Å². The minimum Gasteiger partial charge on any atom is -0.428 e. The normalized spacial score (nSPS) is 10.6. The highest BCUT2D eigenvalue weighted by molar-refractivity contribution is 6.43. The number of carbonyl (C=O) groups excluding carboxylic acids is 1. The van der Waals surface area contributed by atoms with Gasteiger partial charge in [0.05, 0.1) is 0 Å². The summed E-state index contributed by atoms with van der Waals surface area (Å²) >= 11 is 10.4. The number of hydrogen-bond donors (Lipinski definition) is 0. The molecule has 0 saturated carbocycles. The summed E-state index contributed by atoms with van der Waals surface area (Å²) in [7, 11) is 3.78. The molecule has 0 atom stereocenters. The lowest BCUT2D eigenvalue weighted by Gasteiger charge is -2.03. The predicted molar refractivity (Wildman–Crippen MR) is 56.5 cm³/mol. The van der Waals surface area contributed by atoms with E-state index in [9.17, 15) is 4.79 Å². The maximum absolute atomic E-state index is 10.7. The van der Waals surface area contributed by atoms with Crippen molar-refractivity contribution in [1.82, 2.24) is 4.90 Å². The molecule has 0 saturated heterocycles. The van der Waals surface area contributed by atoms with Gasteiger partial charge < -0.3 is 9.64 Å². The molecule has 13 heavy (non-hydrogen) atoms. The number of nitrogens with zero attached hydrogens (tertiary/aromatic N) is 1. The Morgan fingerprint density at radius 2 is 2.08 bits per heavy atom. The number of esters is 1. The molecular weight excluding hydrogens is 236 g/mol. The van der Waals surface area contributed by atoms with Crippen molar-refractivity contribution in [2.24, 2.45) is 0 Å². The van der Waals surface area contributed by atoms with Crippen LogP contribution in [0.4, 0.5) is 0 Å². The lowest BCUT2D eigenvalue weighted by Crippen LogP contribution is -2.11. The van der Waals surface area contributed by atoms with Gasteiger partial charge in [0.2, 0.25) is 0 Å². The van der Waals surface area contributed by atoms with Crippen LogP contribution in [0.1, 0.15) is 0 Å². The zero-order valence-electron chi connectivity index (χ0n) is 7.37. The minimum atomic E-state index is -1.10. The minimum absolute atomic E-state index is 0. The second-order valence-corrected chi connectivity index (χ2v) is 3.38. The van der Waals surface area contributed by atoms with E-state index >= 15 is 0 Å². The lowest BCUT2D eigenvalue weighted by molar-refractivity contribution is -0.137. The monoisotopic (exact) mass is 247 g/mol. The zero-order valence-corrected chi connectivity index (χ0v) is 9.70. The molecule has 0 amide bonds. The molecule has 0 rings (SSSR count). The van der Waals surface area contributed by atoms with E-state index < -0.39 is 11.0 Å². The number of carbonyl (C=O) groups is 1. The Hall–Kier alpha value is 0.0400. The van der Waals surface area contributed by atoms with Crippen LogP contribution in [0.2, 0.25) is 0 Å². The summed E-state index contributed by atoms with van der Waals surface area (Å²) in [5.41, 5.74) is 0. The molecule has 0 unspecified atom stereocenters. The molecule has 0 bridgehead atoms. The third-order valence-electron chi connectivity index (χ3n) is 0.930. The lowest BCUT2D eigenvalue weighted by atomic mass is 10.5. The van der Waals surface area contributed by atoms with E-state index in [0.29, 0.717) is 6.54 Å². The van der Waals surface area contributed by atoms with Crippen LogP contribution in [0.5, 0.6) is 0 Å². The number of halogens is 3. The van der Waals surface area contributed by atoms with E-state index in [-0.39, 0.29) is 12.4 Å². The Kier molecular flexibility index (Phi) is 10.3. The first-order valence-corrected chi connectivity index (χ1v) is 4.19. The van der Waals surface area contributed by atoms with Crippen LogP contribution in [0, 0.1) is 0 Å². The van der Waals surface area contributed by atoms with Crippen LogP contribution >= 0.6 is 35.6 Å². The predicted octanol–water partition coefficient (Wildman–Crippen LogP) is 1.83. The molecular formula is C7H12Cl3NO2. The van der Waals surface area contributed by atoms with E-state index in [4.69, 9.17) is 23.2 Å². The first-order valence-electron chi connectivity index (χ1n) is 3.32. The van der Waals surface area contributed by atoms with Gasteiger partial charge in [-0.2, -0.15) is 0 Å². The average molecular weight is 249 g/mol. The number of ether oxygens (including phenoxy) is 1. The van der Waals surface area contributed by atoms with Gasteiger partial charge in [0, 0.05) is 12.6 Å². The fourth-order valence-electron chi connectivity index (χ4n) is 0.487. The van der Waals surface area contributed by atoms with Gasteiger partial charge in [0.25, 0.3) is 5.02 Å². The largest absolute Gasteiger partial charge is 0.428 e. The van der Waals surface area contributed by atoms with E-state index in [1.54, 1.807) is 6.08 Å². The summed E-state index contributed by atoms with van der Waals surface area (Å²) in [5.74, 6) is -0.535. The van der Waals surface area contributed by atoms with E-state index in [1.165, 1.54) is 6.08 Å². The topological polar surface area (TPSA) is 29.5 Å². The SMILES string of the molecule is CN(C)C/C=C/C(=O)OC(Cl)Cl.Cl. The van der Waals surface area contributed by atoms with Crippen LogP contribution in [0.15, 0.2) is 12.2 Å². The van der Waals surface area contributed by atoms with Crippen molar-refractivity contribution in [2.75, 3.05) is 20.6 Å². The Morgan fingerprint density at radius 3 is 2.46 bits per heavy atom. The number of hydrogen-bond acceptors (Lipinski definition) is 3. The highest BCUT2D eigenvalue weighted by atomic mass is 35.5. The van der Waals surface area contributed by atoms with Crippen LogP contribution < -0.4 is 0 Å². The van der Waals surface area contributed by atoms with Gasteiger partial charge in [-0.15, -0.1) is 12.4 Å². The van der Waals surface area contributed by atoms with Crippen LogP contribution in [0.25, 0.3) is 0 Å². The quantitative estimate of drug-likeness (QED) is 0.432. The number of likely N-dealkylation sites (N-methyl/N-ethyl adjacent to an activating group) is 1. The summed E-state index contributed by atoms with van der Waals surface area (Å²) in [6, 6.07) is 0. The van der Waals surface area contributed by atoms with Gasteiger partial charge in [0.1, 0.15) is 0 Å². The molecule has 0 aliphatic rings. The molecule has 0 N–H and O–H groups in total. The molecule has 0 aliphatic heterocycles. The van der Waals surface area contributed by atoms with Gasteiger partial charge in [-0.25, -0.2) is 4.79 Å². The van der Waals surface area contributed by atoms with Crippen molar-refractivity contribution in [3.63, 3.8) is 0 Å². The summed E-state index contributed by atoms with van der Waals surface area (Å²) in [4.78, 5) is 12.6. The molecule has 0 radical (unpaired) electrons.